The van der Waals surface area contributed by atoms with E-state index in [0.29, 0.717) is 11.0 Å². The highest BCUT2D eigenvalue weighted by Crippen LogP contribution is 2.25. The molecule has 2 aromatic rings. The fraction of sp³-hybridized carbons (Fsp3) is 0.438. The van der Waals surface area contributed by atoms with Gasteiger partial charge < -0.3 is 0 Å². The molecule has 1 heterocycles. The summed E-state index contributed by atoms with van der Waals surface area (Å²) in [6, 6.07) is 8.29. The maximum atomic E-state index is 12.3. The fourth-order valence-electron chi connectivity index (χ4n) is 2.12. The lowest BCUT2D eigenvalue weighted by Crippen LogP contribution is -2.18. The van der Waals surface area contributed by atoms with Crippen LogP contribution in [0.1, 0.15) is 37.8 Å². The van der Waals surface area contributed by atoms with E-state index in [9.17, 15) is 4.79 Å². The molecule has 1 unspecified atom stereocenters. The Bertz CT molecular complexity index is 623. The zero-order chi connectivity index (χ0) is 16.1. The average Bonchev–Trinajstić information content (AvgIpc) is 2.94. The van der Waals surface area contributed by atoms with Gasteiger partial charge in [-0.2, -0.15) is 0 Å². The Morgan fingerprint density at radius 2 is 1.91 bits per heavy atom. The molecule has 118 valence electrons. The quantitative estimate of drug-likeness (QED) is 0.635. The van der Waals surface area contributed by atoms with E-state index in [1.165, 1.54) is 28.7 Å². The number of nitrogens with zero attached hydrogens (tertiary/aromatic N) is 2. The van der Waals surface area contributed by atoms with Crippen molar-refractivity contribution in [3.63, 3.8) is 0 Å². The second kappa shape index (κ2) is 7.74. The van der Waals surface area contributed by atoms with Crippen LogP contribution < -0.4 is 5.32 Å². The number of rotatable bonds is 6. The van der Waals surface area contributed by atoms with Gasteiger partial charge in [-0.25, -0.2) is 0 Å². The summed E-state index contributed by atoms with van der Waals surface area (Å²) in [5, 5.41) is 11.3. The molecule has 0 radical (unpaired) electrons. The summed E-state index contributed by atoms with van der Waals surface area (Å²) in [6.07, 6.45) is 3.00. The van der Waals surface area contributed by atoms with Crippen molar-refractivity contribution in [2.75, 3.05) is 11.6 Å². The Hall–Kier alpha value is -1.40. The van der Waals surface area contributed by atoms with Gasteiger partial charge in [0.1, 0.15) is 0 Å². The number of amides is 1. The topological polar surface area (TPSA) is 54.9 Å². The second-order valence-electron chi connectivity index (χ2n) is 5.63. The molecule has 0 fully saturated rings. The molecule has 0 aliphatic carbocycles. The summed E-state index contributed by atoms with van der Waals surface area (Å²) in [5.41, 5.74) is 2.32. The van der Waals surface area contributed by atoms with Gasteiger partial charge in [0.2, 0.25) is 11.0 Å². The molecule has 1 N–H and O–H groups in total. The van der Waals surface area contributed by atoms with Gasteiger partial charge in [-0.1, -0.05) is 61.2 Å². The van der Waals surface area contributed by atoms with Gasteiger partial charge in [0.25, 0.3) is 0 Å². The van der Waals surface area contributed by atoms with E-state index in [-0.39, 0.29) is 11.8 Å². The minimum Gasteiger partial charge on any atom is -0.300 e. The number of benzene rings is 1. The Morgan fingerprint density at radius 1 is 1.23 bits per heavy atom. The minimum absolute atomic E-state index is 0.0552. The summed E-state index contributed by atoms with van der Waals surface area (Å²) in [6.45, 7) is 6.31. The van der Waals surface area contributed by atoms with Crippen LogP contribution >= 0.6 is 23.1 Å². The van der Waals surface area contributed by atoms with Crippen LogP contribution in [0.15, 0.2) is 28.6 Å². The number of hydrogen-bond donors (Lipinski definition) is 1. The SMILES string of the molecule is CSc1nnc(NC(=O)C(C)c2ccc(CC(C)C)cc2)s1. The fourth-order valence-corrected chi connectivity index (χ4v) is 3.29. The van der Waals surface area contributed by atoms with Crippen molar-refractivity contribution in [1.82, 2.24) is 10.2 Å². The molecule has 0 bridgehead atoms. The van der Waals surface area contributed by atoms with Gasteiger partial charge >= 0.3 is 0 Å². The minimum atomic E-state index is -0.213. The van der Waals surface area contributed by atoms with Gasteiger partial charge in [-0.15, -0.1) is 10.2 Å². The van der Waals surface area contributed by atoms with Crippen LogP contribution in [0.3, 0.4) is 0 Å². The van der Waals surface area contributed by atoms with Crippen LogP contribution in [-0.4, -0.2) is 22.4 Å². The first-order valence-corrected chi connectivity index (χ1v) is 9.31. The number of hydrogen-bond acceptors (Lipinski definition) is 5. The molecule has 1 amide bonds. The Balaban J connectivity index is 2.00. The van der Waals surface area contributed by atoms with Crippen LogP contribution in [0.4, 0.5) is 5.13 Å². The van der Waals surface area contributed by atoms with E-state index in [0.717, 1.165) is 16.3 Å². The molecule has 0 saturated heterocycles. The number of carbonyl (C=O) groups excluding carboxylic acids is 1. The molecule has 0 aliphatic heterocycles. The third-order valence-electron chi connectivity index (χ3n) is 3.33. The van der Waals surface area contributed by atoms with Crippen molar-refractivity contribution >= 4 is 34.1 Å². The number of anilines is 1. The first-order valence-electron chi connectivity index (χ1n) is 7.26. The monoisotopic (exact) mass is 335 g/mol. The van der Waals surface area contributed by atoms with Crippen LogP contribution in [-0.2, 0) is 11.2 Å². The van der Waals surface area contributed by atoms with Crippen LogP contribution in [0.5, 0.6) is 0 Å². The number of aromatic nitrogens is 2. The predicted octanol–water partition coefficient (Wildman–Crippen LogP) is 4.20. The van der Waals surface area contributed by atoms with Crippen LogP contribution in [0.2, 0.25) is 0 Å². The Kier molecular flexibility index (Phi) is 5.97. The Labute approximate surface area is 139 Å². The molecule has 0 aliphatic rings. The standard InChI is InChI=1S/C16H21N3OS2/c1-10(2)9-12-5-7-13(8-6-12)11(3)14(20)17-15-18-19-16(21-4)22-15/h5-8,10-11H,9H2,1-4H3,(H,17,18,20). The smallest absolute Gasteiger partial charge is 0.233 e. The second-order valence-corrected chi connectivity index (χ2v) is 7.66. The lowest BCUT2D eigenvalue weighted by molar-refractivity contribution is -0.117. The predicted molar refractivity (Wildman–Crippen MR) is 93.7 cm³/mol. The van der Waals surface area contributed by atoms with Crippen molar-refractivity contribution in [2.45, 2.75) is 37.4 Å². The summed E-state index contributed by atoms with van der Waals surface area (Å²) < 4.78 is 0.848. The van der Waals surface area contributed by atoms with E-state index in [1.807, 2.05) is 25.3 Å². The van der Waals surface area contributed by atoms with E-state index in [4.69, 9.17) is 0 Å². The molecule has 1 aromatic carbocycles. The highest BCUT2D eigenvalue weighted by atomic mass is 32.2. The van der Waals surface area contributed by atoms with Gasteiger partial charge in [0.15, 0.2) is 4.34 Å². The average molecular weight is 335 g/mol. The molecule has 1 aromatic heterocycles. The molecular formula is C16H21N3OS2. The first-order chi connectivity index (χ1) is 10.5. The van der Waals surface area contributed by atoms with Crippen molar-refractivity contribution < 1.29 is 4.79 Å². The number of thioether (sulfide) groups is 1. The molecule has 22 heavy (non-hydrogen) atoms. The highest BCUT2D eigenvalue weighted by molar-refractivity contribution is 8.00. The summed E-state index contributed by atoms with van der Waals surface area (Å²) in [4.78, 5) is 12.3. The zero-order valence-electron chi connectivity index (χ0n) is 13.3. The zero-order valence-corrected chi connectivity index (χ0v) is 14.9. The molecule has 0 spiro atoms. The normalized spacial score (nSPS) is 12.4. The third kappa shape index (κ3) is 4.55. The molecule has 0 saturated carbocycles. The van der Waals surface area contributed by atoms with Gasteiger partial charge in [-0.05, 0) is 36.6 Å². The molecule has 2 rings (SSSR count). The summed E-state index contributed by atoms with van der Waals surface area (Å²) in [7, 11) is 0. The van der Waals surface area contributed by atoms with E-state index in [2.05, 4.69) is 41.5 Å². The van der Waals surface area contributed by atoms with Crippen molar-refractivity contribution in [3.8, 4) is 0 Å². The number of nitrogens with one attached hydrogen (secondary N) is 1. The molecule has 1 atom stereocenters. The van der Waals surface area contributed by atoms with E-state index < -0.39 is 0 Å². The maximum Gasteiger partial charge on any atom is 0.233 e. The van der Waals surface area contributed by atoms with Gasteiger partial charge in [0, 0.05) is 0 Å². The van der Waals surface area contributed by atoms with Gasteiger partial charge in [0.05, 0.1) is 5.92 Å². The Morgan fingerprint density at radius 3 is 2.45 bits per heavy atom. The number of carbonyl (C=O) groups is 1. The first kappa shape index (κ1) is 17.0. The highest BCUT2D eigenvalue weighted by Gasteiger charge is 2.17. The van der Waals surface area contributed by atoms with E-state index >= 15 is 0 Å². The maximum absolute atomic E-state index is 12.3. The summed E-state index contributed by atoms with van der Waals surface area (Å²) >= 11 is 2.91. The third-order valence-corrected chi connectivity index (χ3v) is 5.14. The van der Waals surface area contributed by atoms with E-state index in [1.54, 1.807) is 0 Å². The van der Waals surface area contributed by atoms with Crippen LogP contribution in [0, 0.1) is 5.92 Å². The van der Waals surface area contributed by atoms with Crippen molar-refractivity contribution in [3.05, 3.63) is 35.4 Å². The lowest BCUT2D eigenvalue weighted by atomic mass is 9.96. The molecule has 6 heteroatoms. The largest absolute Gasteiger partial charge is 0.300 e. The van der Waals surface area contributed by atoms with Gasteiger partial charge in [-0.3, -0.25) is 10.1 Å². The van der Waals surface area contributed by atoms with Crippen molar-refractivity contribution in [2.24, 2.45) is 5.92 Å². The lowest BCUT2D eigenvalue weighted by Gasteiger charge is -2.12. The van der Waals surface area contributed by atoms with Crippen LogP contribution in [0.25, 0.3) is 0 Å². The molecule has 4 nitrogen and oxygen atoms in total. The molecular weight excluding hydrogens is 314 g/mol. The van der Waals surface area contributed by atoms with Crippen molar-refractivity contribution in [1.29, 1.82) is 0 Å². The summed E-state index contributed by atoms with van der Waals surface area (Å²) in [5.74, 6) is 0.366.